The zero-order valence-electron chi connectivity index (χ0n) is 30.9. The van der Waals surface area contributed by atoms with Crippen molar-refractivity contribution in [3.8, 4) is 45.3 Å². The van der Waals surface area contributed by atoms with E-state index in [-0.39, 0.29) is 0 Å². The van der Waals surface area contributed by atoms with E-state index in [0.29, 0.717) is 5.82 Å². The highest BCUT2D eigenvalue weighted by atomic mass is 32.1. The van der Waals surface area contributed by atoms with Gasteiger partial charge in [-0.3, -0.25) is 0 Å². The number of allylic oxidation sites excluding steroid dienone is 1. The summed E-state index contributed by atoms with van der Waals surface area (Å²) in [4.78, 5) is 11.6. The summed E-state index contributed by atoms with van der Waals surface area (Å²) in [6.07, 6.45) is 6.77. The van der Waals surface area contributed by atoms with Gasteiger partial charge in [-0.25, -0.2) is 9.97 Å². The summed E-state index contributed by atoms with van der Waals surface area (Å²) in [6, 6.07) is 60.5. The van der Waals surface area contributed by atoms with E-state index in [9.17, 15) is 0 Å². The molecule has 0 unspecified atom stereocenters. The molecule has 268 valence electrons. The Morgan fingerprint density at radius 1 is 0.474 bits per heavy atom. The summed E-state index contributed by atoms with van der Waals surface area (Å²) in [7, 11) is 0. The molecule has 0 atom stereocenters. The molecule has 4 heterocycles. The number of hydrogen-bond acceptors (Lipinski definition) is 3. The van der Waals surface area contributed by atoms with Crippen LogP contribution in [0.2, 0.25) is 0 Å². The highest BCUT2D eigenvalue weighted by Gasteiger charge is 2.28. The van der Waals surface area contributed by atoms with Crippen LogP contribution in [0.15, 0.2) is 176 Å². The summed E-state index contributed by atoms with van der Waals surface area (Å²) in [5, 5.41) is 6.53. The quantitative estimate of drug-likeness (QED) is 0.176. The van der Waals surface area contributed by atoms with Crippen molar-refractivity contribution in [1.29, 1.82) is 0 Å². The lowest BCUT2D eigenvalue weighted by Crippen LogP contribution is -1.98. The van der Waals surface area contributed by atoms with Gasteiger partial charge in [0.15, 0.2) is 5.82 Å². The second kappa shape index (κ2) is 12.7. The van der Waals surface area contributed by atoms with E-state index in [1.165, 1.54) is 69.8 Å². The lowest BCUT2D eigenvalue weighted by Gasteiger charge is -2.13. The first-order valence-corrected chi connectivity index (χ1v) is 20.4. The molecule has 0 saturated carbocycles. The molecule has 0 saturated heterocycles. The van der Waals surface area contributed by atoms with Crippen LogP contribution in [0.3, 0.4) is 0 Å². The van der Waals surface area contributed by atoms with E-state index in [4.69, 9.17) is 9.97 Å². The van der Waals surface area contributed by atoms with Crippen LogP contribution in [0.1, 0.15) is 16.9 Å². The van der Waals surface area contributed by atoms with Crippen molar-refractivity contribution >= 4 is 71.1 Å². The van der Waals surface area contributed by atoms with Gasteiger partial charge in [0.25, 0.3) is 0 Å². The van der Waals surface area contributed by atoms with Gasteiger partial charge in [0, 0.05) is 59.9 Å². The minimum atomic E-state index is 0.708. The van der Waals surface area contributed by atoms with Gasteiger partial charge in [-0.05, 0) is 79.1 Å². The summed E-state index contributed by atoms with van der Waals surface area (Å²) >= 11 is 1.94. The standard InChI is InChI=1S/C52H34N4S/c1-4-16-33(17-5-1)41-32-42(34-18-6-2-7-19-34)54-52(53-41)35-28-30-37(31-29-35)56-44-26-14-11-23-39(44)47-46-38-22-10-13-25-43(38)55(36-20-8-3-9-21-36)49(46)48-40-24-12-15-27-45(40)57-51(48)50(47)56/h1-11,13-23,25-32H,12,24H2. The van der Waals surface area contributed by atoms with E-state index < -0.39 is 0 Å². The predicted molar refractivity (Wildman–Crippen MR) is 240 cm³/mol. The normalized spacial score (nSPS) is 12.7. The molecule has 4 nitrogen and oxygen atoms in total. The number of para-hydroxylation sites is 3. The topological polar surface area (TPSA) is 35.6 Å². The Balaban J connectivity index is 1.14. The van der Waals surface area contributed by atoms with Gasteiger partial charge in [-0.2, -0.15) is 0 Å². The average molecular weight is 747 g/mol. The van der Waals surface area contributed by atoms with Gasteiger partial charge in [0.05, 0.1) is 38.2 Å². The van der Waals surface area contributed by atoms with E-state index in [2.05, 4.69) is 179 Å². The number of rotatable bonds is 5. The molecule has 4 aromatic heterocycles. The van der Waals surface area contributed by atoms with Crippen LogP contribution in [-0.2, 0) is 6.42 Å². The second-order valence-electron chi connectivity index (χ2n) is 14.8. The Kier molecular flexibility index (Phi) is 7.19. The Morgan fingerprint density at radius 3 is 1.63 bits per heavy atom. The Bertz CT molecular complexity index is 3310. The number of aromatic nitrogens is 4. The van der Waals surface area contributed by atoms with Crippen LogP contribution in [0.25, 0.3) is 105 Å². The molecule has 0 aliphatic heterocycles. The summed E-state index contributed by atoms with van der Waals surface area (Å²) in [5.74, 6) is 0.708. The van der Waals surface area contributed by atoms with Crippen LogP contribution in [0.4, 0.5) is 0 Å². The zero-order chi connectivity index (χ0) is 37.5. The molecule has 0 spiro atoms. The van der Waals surface area contributed by atoms with Gasteiger partial charge >= 0.3 is 0 Å². The van der Waals surface area contributed by atoms with Crippen LogP contribution in [-0.4, -0.2) is 19.1 Å². The van der Waals surface area contributed by atoms with Gasteiger partial charge in [-0.15, -0.1) is 11.3 Å². The van der Waals surface area contributed by atoms with Crippen molar-refractivity contribution in [2.24, 2.45) is 0 Å². The first kappa shape index (κ1) is 32.2. The lowest BCUT2D eigenvalue weighted by atomic mass is 9.97. The molecular formula is C52H34N4S. The molecule has 1 aliphatic carbocycles. The highest BCUT2D eigenvalue weighted by molar-refractivity contribution is 7.21. The van der Waals surface area contributed by atoms with Gasteiger partial charge in [-0.1, -0.05) is 121 Å². The molecule has 5 heteroatoms. The third-order valence-corrected chi connectivity index (χ3v) is 12.8. The van der Waals surface area contributed by atoms with Gasteiger partial charge < -0.3 is 9.13 Å². The SMILES string of the molecule is C1=Cc2sc3c(c2CC1)c1c(c2ccccc2n1-c1ccccc1)c1c2ccccc2n(-c2ccc(-c4nc(-c5ccccc5)cc(-c5ccccc5)n4)cc2)c31. The van der Waals surface area contributed by atoms with E-state index >= 15 is 0 Å². The van der Waals surface area contributed by atoms with E-state index in [0.717, 1.165) is 46.6 Å². The highest BCUT2D eigenvalue weighted by Crippen LogP contribution is 2.51. The molecule has 11 aromatic rings. The Hall–Kier alpha value is -7.08. The third kappa shape index (κ3) is 4.92. The molecule has 0 N–H and O–H groups in total. The monoisotopic (exact) mass is 746 g/mol. The molecule has 1 aliphatic rings. The average Bonchev–Trinajstić information content (AvgIpc) is 3.95. The van der Waals surface area contributed by atoms with Gasteiger partial charge in [0.1, 0.15) is 0 Å². The minimum absolute atomic E-state index is 0.708. The minimum Gasteiger partial charge on any atom is -0.309 e. The number of benzene rings is 7. The maximum atomic E-state index is 5.14. The van der Waals surface area contributed by atoms with Crippen molar-refractivity contribution in [3.05, 3.63) is 186 Å². The fourth-order valence-corrected chi connectivity index (χ4v) is 10.4. The third-order valence-electron chi connectivity index (χ3n) is 11.6. The smallest absolute Gasteiger partial charge is 0.160 e. The molecule has 12 rings (SSSR count). The van der Waals surface area contributed by atoms with E-state index in [1.807, 2.05) is 23.5 Å². The molecule has 0 amide bonds. The van der Waals surface area contributed by atoms with Crippen LogP contribution in [0.5, 0.6) is 0 Å². The number of thiophene rings is 1. The maximum absolute atomic E-state index is 5.14. The van der Waals surface area contributed by atoms with Crippen LogP contribution in [0, 0.1) is 0 Å². The molecule has 57 heavy (non-hydrogen) atoms. The summed E-state index contributed by atoms with van der Waals surface area (Å²) < 4.78 is 6.36. The molecule has 0 radical (unpaired) electrons. The first-order valence-electron chi connectivity index (χ1n) is 19.6. The summed E-state index contributed by atoms with van der Waals surface area (Å²) in [6.45, 7) is 0. The maximum Gasteiger partial charge on any atom is 0.160 e. The fourth-order valence-electron chi connectivity index (χ4n) is 9.10. The fraction of sp³-hybridized carbons (Fsp3) is 0.0385. The van der Waals surface area contributed by atoms with Crippen molar-refractivity contribution in [1.82, 2.24) is 19.1 Å². The zero-order valence-corrected chi connectivity index (χ0v) is 31.7. The molecule has 0 fully saturated rings. The number of aryl methyl sites for hydroxylation is 1. The summed E-state index contributed by atoms with van der Waals surface area (Å²) in [5.41, 5.74) is 13.7. The molecular weight excluding hydrogens is 713 g/mol. The van der Waals surface area contributed by atoms with Gasteiger partial charge in [0.2, 0.25) is 0 Å². The van der Waals surface area contributed by atoms with Crippen molar-refractivity contribution in [2.75, 3.05) is 0 Å². The number of hydrogen-bond donors (Lipinski definition) is 0. The molecule has 0 bridgehead atoms. The predicted octanol–water partition coefficient (Wildman–Crippen LogP) is 13.8. The van der Waals surface area contributed by atoms with Crippen molar-refractivity contribution in [2.45, 2.75) is 12.8 Å². The Morgan fingerprint density at radius 2 is 1.00 bits per heavy atom. The van der Waals surface area contributed by atoms with Crippen LogP contribution < -0.4 is 0 Å². The lowest BCUT2D eigenvalue weighted by molar-refractivity contribution is 1.01. The van der Waals surface area contributed by atoms with E-state index in [1.54, 1.807) is 0 Å². The first-order chi connectivity index (χ1) is 28.3. The number of nitrogens with zero attached hydrogens (tertiary/aromatic N) is 4. The number of fused-ring (bicyclic) bond motifs is 12. The van der Waals surface area contributed by atoms with Crippen molar-refractivity contribution in [3.63, 3.8) is 0 Å². The Labute approximate surface area is 333 Å². The second-order valence-corrected chi connectivity index (χ2v) is 15.9. The molecule has 7 aromatic carbocycles. The largest absolute Gasteiger partial charge is 0.309 e. The van der Waals surface area contributed by atoms with Crippen LogP contribution >= 0.6 is 11.3 Å². The van der Waals surface area contributed by atoms with Crippen molar-refractivity contribution < 1.29 is 0 Å².